The van der Waals surface area contributed by atoms with Crippen molar-refractivity contribution in [2.45, 2.75) is 13.1 Å². The number of nitrogens with zero attached hydrogens (tertiary/aromatic N) is 2. The van der Waals surface area contributed by atoms with Crippen LogP contribution >= 0.6 is 11.6 Å². The predicted octanol–water partition coefficient (Wildman–Crippen LogP) is 4.12. The summed E-state index contributed by atoms with van der Waals surface area (Å²) in [6.45, 7) is 1.58. The van der Waals surface area contributed by atoms with E-state index < -0.39 is 11.7 Å². The number of alkyl halides is 3. The van der Waals surface area contributed by atoms with Gasteiger partial charge in [0.1, 0.15) is 5.69 Å². The summed E-state index contributed by atoms with van der Waals surface area (Å²) in [6.07, 6.45) is -1.49. The molecule has 0 unspecified atom stereocenters. The van der Waals surface area contributed by atoms with E-state index in [1.54, 1.807) is 6.92 Å². The molecule has 0 amide bonds. The Morgan fingerprint density at radius 1 is 1.11 bits per heavy atom. The lowest BCUT2D eigenvalue weighted by atomic mass is 10.0. The van der Waals surface area contributed by atoms with Crippen LogP contribution in [0.5, 0.6) is 0 Å². The van der Waals surface area contributed by atoms with E-state index in [0.29, 0.717) is 16.8 Å². The van der Waals surface area contributed by atoms with Gasteiger partial charge in [-0.1, -0.05) is 17.7 Å². The monoisotopic (exact) mass is 272 g/mol. The molecule has 0 N–H and O–H groups in total. The second-order valence-corrected chi connectivity index (χ2v) is 4.08. The largest absolute Gasteiger partial charge is 0.416 e. The number of hydrogen-bond donors (Lipinski definition) is 0. The van der Waals surface area contributed by atoms with E-state index >= 15 is 0 Å². The number of hydrogen-bond acceptors (Lipinski definition) is 2. The third-order valence-corrected chi connectivity index (χ3v) is 2.74. The van der Waals surface area contributed by atoms with Crippen molar-refractivity contribution < 1.29 is 13.2 Å². The van der Waals surface area contributed by atoms with Gasteiger partial charge in [-0.15, -0.1) is 0 Å². The summed E-state index contributed by atoms with van der Waals surface area (Å²) in [5.74, 6) is 0. The average molecular weight is 273 g/mol. The van der Waals surface area contributed by atoms with E-state index in [4.69, 9.17) is 11.6 Å². The molecule has 2 nitrogen and oxygen atoms in total. The maximum atomic E-state index is 12.5. The first-order chi connectivity index (χ1) is 8.39. The van der Waals surface area contributed by atoms with E-state index in [9.17, 15) is 13.2 Å². The summed E-state index contributed by atoms with van der Waals surface area (Å²) >= 11 is 5.86. The lowest BCUT2D eigenvalue weighted by Gasteiger charge is -2.11. The zero-order valence-electron chi connectivity index (χ0n) is 9.29. The summed E-state index contributed by atoms with van der Waals surface area (Å²) in [7, 11) is 0. The molecule has 1 aromatic carbocycles. The van der Waals surface area contributed by atoms with Gasteiger partial charge >= 0.3 is 6.18 Å². The number of aryl methyl sites for hydroxylation is 1. The summed E-state index contributed by atoms with van der Waals surface area (Å²) in [6, 6.07) is 3.43. The van der Waals surface area contributed by atoms with Gasteiger partial charge in [0.05, 0.1) is 5.56 Å². The van der Waals surface area contributed by atoms with E-state index in [0.717, 1.165) is 12.1 Å². The molecular formula is C12H8ClF3N2. The molecule has 94 valence electrons. The van der Waals surface area contributed by atoms with Gasteiger partial charge in [0.2, 0.25) is 0 Å². The minimum Gasteiger partial charge on any atom is -0.251 e. The molecule has 18 heavy (non-hydrogen) atoms. The second kappa shape index (κ2) is 4.57. The highest BCUT2D eigenvalue weighted by Crippen LogP contribution is 2.33. The number of benzene rings is 1. The van der Waals surface area contributed by atoms with Crippen molar-refractivity contribution in [1.29, 1.82) is 0 Å². The Balaban J connectivity index is 2.52. The van der Waals surface area contributed by atoms with Gasteiger partial charge in [0.25, 0.3) is 0 Å². The number of halogens is 4. The van der Waals surface area contributed by atoms with Crippen LogP contribution in [-0.4, -0.2) is 9.97 Å². The van der Waals surface area contributed by atoms with Crippen molar-refractivity contribution in [1.82, 2.24) is 9.97 Å². The Kier molecular flexibility index (Phi) is 3.26. The quantitative estimate of drug-likeness (QED) is 0.780. The van der Waals surface area contributed by atoms with Crippen molar-refractivity contribution in [3.8, 4) is 11.3 Å². The summed E-state index contributed by atoms with van der Waals surface area (Å²) < 4.78 is 37.6. The Morgan fingerprint density at radius 3 is 2.33 bits per heavy atom. The van der Waals surface area contributed by atoms with Crippen LogP contribution in [0.1, 0.15) is 11.1 Å². The molecule has 0 aliphatic heterocycles. The molecule has 0 fully saturated rings. The molecule has 0 bridgehead atoms. The van der Waals surface area contributed by atoms with E-state index in [1.807, 2.05) is 0 Å². The zero-order valence-corrected chi connectivity index (χ0v) is 10.0. The highest BCUT2D eigenvalue weighted by molar-refractivity contribution is 6.31. The molecule has 0 atom stereocenters. The fourth-order valence-electron chi connectivity index (χ4n) is 1.61. The number of aromatic nitrogens is 2. The van der Waals surface area contributed by atoms with Crippen LogP contribution in [0.3, 0.4) is 0 Å². The van der Waals surface area contributed by atoms with Crippen LogP contribution in [-0.2, 0) is 6.18 Å². The SMILES string of the molecule is Cc1cc(C(F)(F)F)ccc1-c1nccnc1Cl. The molecule has 0 spiro atoms. The third-order valence-electron chi connectivity index (χ3n) is 2.46. The topological polar surface area (TPSA) is 25.8 Å². The van der Waals surface area contributed by atoms with Crippen LogP contribution in [0.2, 0.25) is 5.15 Å². The van der Waals surface area contributed by atoms with Crippen molar-refractivity contribution in [3.63, 3.8) is 0 Å². The molecule has 0 saturated heterocycles. The van der Waals surface area contributed by atoms with Gasteiger partial charge in [0.15, 0.2) is 5.15 Å². The third kappa shape index (κ3) is 2.46. The van der Waals surface area contributed by atoms with Crippen molar-refractivity contribution in [2.24, 2.45) is 0 Å². The highest BCUT2D eigenvalue weighted by atomic mass is 35.5. The first-order valence-electron chi connectivity index (χ1n) is 5.04. The summed E-state index contributed by atoms with van der Waals surface area (Å²) in [4.78, 5) is 7.87. The smallest absolute Gasteiger partial charge is 0.251 e. The van der Waals surface area contributed by atoms with E-state index in [1.165, 1.54) is 18.5 Å². The normalized spacial score (nSPS) is 11.6. The molecule has 0 aliphatic rings. The van der Waals surface area contributed by atoms with Crippen molar-refractivity contribution in [3.05, 3.63) is 46.9 Å². The van der Waals surface area contributed by atoms with Gasteiger partial charge in [-0.25, -0.2) is 4.98 Å². The fourth-order valence-corrected chi connectivity index (χ4v) is 1.81. The Hall–Kier alpha value is -1.62. The summed E-state index contributed by atoms with van der Waals surface area (Å²) in [5.41, 5.74) is 0.683. The average Bonchev–Trinajstić information content (AvgIpc) is 2.29. The van der Waals surface area contributed by atoms with Gasteiger partial charge in [0, 0.05) is 18.0 Å². The predicted molar refractivity (Wildman–Crippen MR) is 62.2 cm³/mol. The molecule has 6 heteroatoms. The Bertz CT molecular complexity index is 582. The fraction of sp³-hybridized carbons (Fsp3) is 0.167. The van der Waals surface area contributed by atoms with Gasteiger partial charge in [-0.05, 0) is 24.6 Å². The molecule has 0 saturated carbocycles. The van der Waals surface area contributed by atoms with Crippen LogP contribution in [0, 0.1) is 6.92 Å². The zero-order chi connectivity index (χ0) is 13.3. The van der Waals surface area contributed by atoms with E-state index in [-0.39, 0.29) is 5.15 Å². The van der Waals surface area contributed by atoms with Crippen LogP contribution in [0.4, 0.5) is 13.2 Å². The molecule has 0 radical (unpaired) electrons. The number of rotatable bonds is 1. The molecule has 2 aromatic rings. The Labute approximate surface area is 106 Å². The maximum Gasteiger partial charge on any atom is 0.416 e. The molecule has 1 aromatic heterocycles. The van der Waals surface area contributed by atoms with Crippen LogP contribution in [0.25, 0.3) is 11.3 Å². The first-order valence-corrected chi connectivity index (χ1v) is 5.42. The minimum absolute atomic E-state index is 0.167. The lowest BCUT2D eigenvalue weighted by Crippen LogP contribution is -2.05. The minimum atomic E-state index is -4.35. The second-order valence-electron chi connectivity index (χ2n) is 3.72. The summed E-state index contributed by atoms with van der Waals surface area (Å²) in [5, 5.41) is 0.167. The molecule has 1 heterocycles. The lowest BCUT2D eigenvalue weighted by molar-refractivity contribution is -0.137. The van der Waals surface area contributed by atoms with Crippen molar-refractivity contribution in [2.75, 3.05) is 0 Å². The van der Waals surface area contributed by atoms with E-state index in [2.05, 4.69) is 9.97 Å². The highest BCUT2D eigenvalue weighted by Gasteiger charge is 2.30. The molecular weight excluding hydrogens is 265 g/mol. The maximum absolute atomic E-state index is 12.5. The molecule has 0 aliphatic carbocycles. The van der Waals surface area contributed by atoms with Gasteiger partial charge in [-0.2, -0.15) is 13.2 Å². The van der Waals surface area contributed by atoms with Crippen molar-refractivity contribution >= 4 is 11.6 Å². The van der Waals surface area contributed by atoms with Gasteiger partial charge in [-0.3, -0.25) is 4.98 Å². The van der Waals surface area contributed by atoms with Crippen LogP contribution in [0.15, 0.2) is 30.6 Å². The van der Waals surface area contributed by atoms with Gasteiger partial charge < -0.3 is 0 Å². The first kappa shape index (κ1) is 12.8. The standard InChI is InChI=1S/C12H8ClF3N2/c1-7-6-8(12(14,15)16)2-3-9(7)10-11(13)18-5-4-17-10/h2-6H,1H3. The van der Waals surface area contributed by atoms with Crippen LogP contribution < -0.4 is 0 Å². The Morgan fingerprint density at radius 2 is 1.78 bits per heavy atom. The molecule has 2 rings (SSSR count).